The summed E-state index contributed by atoms with van der Waals surface area (Å²) in [6.07, 6.45) is 10.0. The standard InChI is InChI=1S/C16H25N3O2/c1-12(2)15-10-21-16(20)18(15)9-14-8-17-11-19(14)13-6-4-3-5-7-13/h8,11-13,15H,3-7,9-10H2,1-2H3/t15-/m1/s1. The molecule has 1 saturated heterocycles. The number of carbonyl (C=O) groups is 1. The zero-order chi connectivity index (χ0) is 14.8. The average Bonchev–Trinajstić information content (AvgIpc) is 3.08. The third-order valence-electron chi connectivity index (χ3n) is 4.83. The van der Waals surface area contributed by atoms with Gasteiger partial charge in [-0.2, -0.15) is 0 Å². The zero-order valence-corrected chi connectivity index (χ0v) is 13.0. The second kappa shape index (κ2) is 6.08. The van der Waals surface area contributed by atoms with Crippen molar-refractivity contribution < 1.29 is 9.53 Å². The first-order valence-electron chi connectivity index (χ1n) is 8.11. The van der Waals surface area contributed by atoms with Crippen LogP contribution in [0.2, 0.25) is 0 Å². The minimum atomic E-state index is -0.190. The fourth-order valence-electron chi connectivity index (χ4n) is 3.52. The second-order valence-electron chi connectivity index (χ2n) is 6.60. The minimum absolute atomic E-state index is 0.173. The third kappa shape index (κ3) is 2.92. The van der Waals surface area contributed by atoms with E-state index in [9.17, 15) is 4.79 Å². The predicted octanol–water partition coefficient (Wildman–Crippen LogP) is 3.37. The van der Waals surface area contributed by atoms with Crippen molar-refractivity contribution in [3.63, 3.8) is 0 Å². The van der Waals surface area contributed by atoms with E-state index >= 15 is 0 Å². The Labute approximate surface area is 126 Å². The summed E-state index contributed by atoms with van der Waals surface area (Å²) in [5.41, 5.74) is 1.13. The fraction of sp³-hybridized carbons (Fsp3) is 0.750. The molecule has 3 rings (SSSR count). The number of hydrogen-bond acceptors (Lipinski definition) is 3. The van der Waals surface area contributed by atoms with Gasteiger partial charge in [0.25, 0.3) is 0 Å². The molecule has 1 atom stereocenters. The minimum Gasteiger partial charge on any atom is -0.447 e. The molecule has 1 aromatic rings. The second-order valence-corrected chi connectivity index (χ2v) is 6.60. The average molecular weight is 291 g/mol. The van der Waals surface area contributed by atoms with Gasteiger partial charge < -0.3 is 9.30 Å². The molecule has 2 aliphatic rings. The van der Waals surface area contributed by atoms with Gasteiger partial charge in [0.15, 0.2) is 0 Å². The van der Waals surface area contributed by atoms with Gasteiger partial charge in [0.1, 0.15) is 6.61 Å². The SMILES string of the molecule is CC(C)[C@H]1COC(=O)N1Cc1cncn1C1CCCCC1. The molecule has 21 heavy (non-hydrogen) atoms. The Bertz CT molecular complexity index is 491. The van der Waals surface area contributed by atoms with Crippen LogP contribution in [0.5, 0.6) is 0 Å². The number of rotatable bonds is 4. The van der Waals surface area contributed by atoms with E-state index in [0.717, 1.165) is 5.69 Å². The molecule has 0 unspecified atom stereocenters. The highest BCUT2D eigenvalue weighted by atomic mass is 16.6. The lowest BCUT2D eigenvalue weighted by atomic mass is 9.95. The van der Waals surface area contributed by atoms with Gasteiger partial charge in [0.2, 0.25) is 0 Å². The predicted molar refractivity (Wildman–Crippen MR) is 79.9 cm³/mol. The Balaban J connectivity index is 1.75. The van der Waals surface area contributed by atoms with Crippen LogP contribution in [0.3, 0.4) is 0 Å². The van der Waals surface area contributed by atoms with Crippen molar-refractivity contribution in [1.82, 2.24) is 14.5 Å². The van der Waals surface area contributed by atoms with Gasteiger partial charge in [-0.25, -0.2) is 9.78 Å². The van der Waals surface area contributed by atoms with Crippen LogP contribution >= 0.6 is 0 Å². The molecule has 1 aliphatic carbocycles. The number of cyclic esters (lactones) is 1. The molecule has 0 N–H and O–H groups in total. The van der Waals surface area contributed by atoms with E-state index in [1.165, 1.54) is 32.1 Å². The number of carbonyl (C=O) groups excluding carboxylic acids is 1. The summed E-state index contributed by atoms with van der Waals surface area (Å²) in [5, 5.41) is 0. The topological polar surface area (TPSA) is 47.4 Å². The van der Waals surface area contributed by atoms with Crippen molar-refractivity contribution >= 4 is 6.09 Å². The Morgan fingerprint density at radius 1 is 1.33 bits per heavy atom. The first-order chi connectivity index (χ1) is 10.2. The number of imidazole rings is 1. The normalized spacial score (nSPS) is 23.9. The molecule has 1 aliphatic heterocycles. The van der Waals surface area contributed by atoms with E-state index in [1.54, 1.807) is 0 Å². The van der Waals surface area contributed by atoms with Crippen LogP contribution in [-0.4, -0.2) is 33.2 Å². The van der Waals surface area contributed by atoms with E-state index in [2.05, 4.69) is 23.4 Å². The van der Waals surface area contributed by atoms with E-state index in [4.69, 9.17) is 4.74 Å². The highest BCUT2D eigenvalue weighted by Gasteiger charge is 2.35. The Hall–Kier alpha value is -1.52. The summed E-state index contributed by atoms with van der Waals surface area (Å²) < 4.78 is 7.51. The maximum absolute atomic E-state index is 12.0. The fourth-order valence-corrected chi connectivity index (χ4v) is 3.52. The van der Waals surface area contributed by atoms with Crippen molar-refractivity contribution in [2.45, 2.75) is 64.6 Å². The number of hydrogen-bond donors (Lipinski definition) is 0. The van der Waals surface area contributed by atoms with Crippen LogP contribution in [0.15, 0.2) is 12.5 Å². The zero-order valence-electron chi connectivity index (χ0n) is 13.0. The molecule has 0 spiro atoms. The summed E-state index contributed by atoms with van der Waals surface area (Å²) in [7, 11) is 0. The summed E-state index contributed by atoms with van der Waals surface area (Å²) in [6, 6.07) is 0.722. The highest BCUT2D eigenvalue weighted by molar-refractivity contribution is 5.70. The lowest BCUT2D eigenvalue weighted by Crippen LogP contribution is -2.37. The van der Waals surface area contributed by atoms with Gasteiger partial charge in [-0.15, -0.1) is 0 Å². The number of amides is 1. The van der Waals surface area contributed by atoms with Crippen LogP contribution in [0.4, 0.5) is 4.79 Å². The van der Waals surface area contributed by atoms with E-state index in [-0.39, 0.29) is 12.1 Å². The molecular formula is C16H25N3O2. The van der Waals surface area contributed by atoms with Crippen molar-refractivity contribution in [3.05, 3.63) is 18.2 Å². The summed E-state index contributed by atoms with van der Waals surface area (Å²) >= 11 is 0. The molecule has 0 aromatic carbocycles. The van der Waals surface area contributed by atoms with Crippen LogP contribution in [0.25, 0.3) is 0 Å². The maximum Gasteiger partial charge on any atom is 0.410 e. The molecule has 1 saturated carbocycles. The number of ether oxygens (including phenoxy) is 1. The molecule has 1 amide bonds. The quantitative estimate of drug-likeness (QED) is 0.854. The molecule has 0 bridgehead atoms. The largest absolute Gasteiger partial charge is 0.447 e. The molecule has 5 heteroatoms. The van der Waals surface area contributed by atoms with Crippen LogP contribution in [0, 0.1) is 5.92 Å². The number of aromatic nitrogens is 2. The van der Waals surface area contributed by atoms with Crippen molar-refractivity contribution in [2.24, 2.45) is 5.92 Å². The first kappa shape index (κ1) is 14.4. The molecule has 2 fully saturated rings. The Morgan fingerprint density at radius 3 is 2.81 bits per heavy atom. The molecule has 0 radical (unpaired) electrons. The summed E-state index contributed by atoms with van der Waals surface area (Å²) in [6.45, 7) is 5.39. The van der Waals surface area contributed by atoms with Gasteiger partial charge in [0, 0.05) is 12.2 Å². The Kier molecular flexibility index (Phi) is 4.17. The summed E-state index contributed by atoms with van der Waals surface area (Å²) in [5.74, 6) is 0.405. The van der Waals surface area contributed by atoms with E-state index in [0.29, 0.717) is 25.1 Å². The van der Waals surface area contributed by atoms with Crippen LogP contribution in [-0.2, 0) is 11.3 Å². The third-order valence-corrected chi connectivity index (χ3v) is 4.83. The summed E-state index contributed by atoms with van der Waals surface area (Å²) in [4.78, 5) is 18.2. The number of nitrogens with zero attached hydrogens (tertiary/aromatic N) is 3. The van der Waals surface area contributed by atoms with Gasteiger partial charge >= 0.3 is 6.09 Å². The van der Waals surface area contributed by atoms with Crippen molar-refractivity contribution in [3.8, 4) is 0 Å². The van der Waals surface area contributed by atoms with Crippen LogP contribution < -0.4 is 0 Å². The van der Waals surface area contributed by atoms with Crippen molar-refractivity contribution in [2.75, 3.05) is 6.61 Å². The molecule has 5 nitrogen and oxygen atoms in total. The lowest BCUT2D eigenvalue weighted by Gasteiger charge is -2.28. The first-order valence-corrected chi connectivity index (χ1v) is 8.11. The van der Waals surface area contributed by atoms with Gasteiger partial charge in [-0.3, -0.25) is 4.90 Å². The smallest absolute Gasteiger partial charge is 0.410 e. The van der Waals surface area contributed by atoms with Crippen LogP contribution in [0.1, 0.15) is 57.7 Å². The van der Waals surface area contributed by atoms with E-state index < -0.39 is 0 Å². The molecule has 1 aromatic heterocycles. The monoisotopic (exact) mass is 291 g/mol. The molecular weight excluding hydrogens is 266 g/mol. The van der Waals surface area contributed by atoms with Crippen molar-refractivity contribution in [1.29, 1.82) is 0 Å². The molecule has 116 valence electrons. The maximum atomic E-state index is 12.0. The van der Waals surface area contributed by atoms with E-state index in [1.807, 2.05) is 17.4 Å². The van der Waals surface area contributed by atoms with Gasteiger partial charge in [-0.1, -0.05) is 33.1 Å². The Morgan fingerprint density at radius 2 is 2.10 bits per heavy atom. The molecule has 2 heterocycles. The highest BCUT2D eigenvalue weighted by Crippen LogP contribution is 2.30. The lowest BCUT2D eigenvalue weighted by molar-refractivity contribution is 0.153. The van der Waals surface area contributed by atoms with Gasteiger partial charge in [0.05, 0.1) is 24.6 Å². The van der Waals surface area contributed by atoms with Gasteiger partial charge in [-0.05, 0) is 18.8 Å².